The zero-order chi connectivity index (χ0) is 13.5. The lowest BCUT2D eigenvalue weighted by atomic mass is 10.1. The van der Waals surface area contributed by atoms with E-state index in [1.54, 1.807) is 0 Å². The Hall–Kier alpha value is -0.180. The Morgan fingerprint density at radius 2 is 1.50 bits per heavy atom. The first kappa shape index (κ1) is 17.8. The Balaban J connectivity index is 3.08. The fourth-order valence-corrected chi connectivity index (χ4v) is 2.10. The molecule has 0 saturated heterocycles. The minimum absolute atomic E-state index is 0.0419. The van der Waals surface area contributed by atoms with Gasteiger partial charge in [0.05, 0.1) is 6.61 Å². The molecule has 0 aliphatic rings. The summed E-state index contributed by atoms with van der Waals surface area (Å²) in [6.07, 6.45) is 12.7. The van der Waals surface area contributed by atoms with Crippen molar-refractivity contribution in [2.75, 3.05) is 12.4 Å². The van der Waals surface area contributed by atoms with Crippen LogP contribution in [-0.4, -0.2) is 18.3 Å². The number of unbranched alkanes of at least 4 members (excludes halogenated alkanes) is 8. The lowest BCUT2D eigenvalue weighted by molar-refractivity contribution is -0.143. The second-order valence-electron chi connectivity index (χ2n) is 4.88. The van der Waals surface area contributed by atoms with Gasteiger partial charge in [-0.05, 0) is 25.0 Å². The zero-order valence-electron chi connectivity index (χ0n) is 12.0. The van der Waals surface area contributed by atoms with Gasteiger partial charge in [-0.2, -0.15) is 12.6 Å². The molecule has 0 rings (SSSR count). The van der Waals surface area contributed by atoms with E-state index < -0.39 is 0 Å². The van der Waals surface area contributed by atoms with Gasteiger partial charge in [0.1, 0.15) is 0 Å². The topological polar surface area (TPSA) is 26.3 Å². The minimum Gasteiger partial charge on any atom is -0.466 e. The van der Waals surface area contributed by atoms with E-state index in [0.717, 1.165) is 25.0 Å². The van der Waals surface area contributed by atoms with E-state index in [1.165, 1.54) is 44.9 Å². The number of hydrogen-bond donors (Lipinski definition) is 1. The molecule has 0 saturated carbocycles. The molecule has 2 nitrogen and oxygen atoms in total. The van der Waals surface area contributed by atoms with Crippen LogP contribution in [0.25, 0.3) is 0 Å². The minimum atomic E-state index is -0.0419. The molecule has 0 aromatic carbocycles. The Morgan fingerprint density at radius 3 is 2.11 bits per heavy atom. The second kappa shape index (κ2) is 14.9. The van der Waals surface area contributed by atoms with Crippen LogP contribution in [0.4, 0.5) is 0 Å². The van der Waals surface area contributed by atoms with Crippen molar-refractivity contribution in [3.63, 3.8) is 0 Å². The number of carbonyl (C=O) groups excluding carboxylic acids is 1. The first-order valence-electron chi connectivity index (χ1n) is 7.57. The summed E-state index contributed by atoms with van der Waals surface area (Å²) in [5.41, 5.74) is 0. The lowest BCUT2D eigenvalue weighted by Gasteiger charge is -2.04. The van der Waals surface area contributed by atoms with Gasteiger partial charge in [0.15, 0.2) is 0 Å². The molecule has 0 spiro atoms. The summed E-state index contributed by atoms with van der Waals surface area (Å²) in [6, 6.07) is 0. The molecule has 0 aromatic rings. The molecule has 0 amide bonds. The molecular formula is C15H30O2S. The Kier molecular flexibility index (Phi) is 14.7. The van der Waals surface area contributed by atoms with Crippen molar-refractivity contribution in [3.05, 3.63) is 0 Å². The van der Waals surface area contributed by atoms with Crippen molar-refractivity contribution in [1.29, 1.82) is 0 Å². The van der Waals surface area contributed by atoms with Gasteiger partial charge in [0, 0.05) is 6.42 Å². The standard InChI is InChI=1S/C15H30O2S/c1-2-3-4-5-6-7-8-10-13-17-15(16)12-9-11-14-18/h18H,2-14H2,1H3. The summed E-state index contributed by atoms with van der Waals surface area (Å²) in [4.78, 5) is 11.3. The van der Waals surface area contributed by atoms with E-state index in [0.29, 0.717) is 13.0 Å². The molecule has 0 fully saturated rings. The van der Waals surface area contributed by atoms with Crippen molar-refractivity contribution < 1.29 is 9.53 Å². The predicted molar refractivity (Wildman–Crippen MR) is 81.3 cm³/mol. The van der Waals surface area contributed by atoms with E-state index in [1.807, 2.05) is 0 Å². The number of thiol groups is 1. The molecule has 0 aliphatic heterocycles. The van der Waals surface area contributed by atoms with Crippen LogP contribution in [-0.2, 0) is 9.53 Å². The van der Waals surface area contributed by atoms with E-state index in [4.69, 9.17) is 4.74 Å². The molecule has 0 aromatic heterocycles. The number of esters is 1. The molecule has 0 unspecified atom stereocenters. The molecule has 18 heavy (non-hydrogen) atoms. The predicted octanol–water partition coefficient (Wildman–Crippen LogP) is 4.77. The van der Waals surface area contributed by atoms with Gasteiger partial charge < -0.3 is 4.74 Å². The fraction of sp³-hybridized carbons (Fsp3) is 0.933. The zero-order valence-corrected chi connectivity index (χ0v) is 12.9. The molecule has 0 atom stereocenters. The summed E-state index contributed by atoms with van der Waals surface area (Å²) in [6.45, 7) is 2.85. The third-order valence-electron chi connectivity index (χ3n) is 3.05. The third kappa shape index (κ3) is 13.9. The molecule has 0 aliphatic carbocycles. The fourth-order valence-electron chi connectivity index (χ4n) is 1.88. The van der Waals surface area contributed by atoms with Gasteiger partial charge in [-0.25, -0.2) is 0 Å². The number of rotatable bonds is 13. The maximum absolute atomic E-state index is 11.3. The first-order valence-corrected chi connectivity index (χ1v) is 8.21. The van der Waals surface area contributed by atoms with Gasteiger partial charge in [0.2, 0.25) is 0 Å². The lowest BCUT2D eigenvalue weighted by Crippen LogP contribution is -2.05. The number of hydrogen-bond acceptors (Lipinski definition) is 3. The molecule has 0 heterocycles. The molecule has 3 heteroatoms. The summed E-state index contributed by atoms with van der Waals surface area (Å²) in [7, 11) is 0. The highest BCUT2D eigenvalue weighted by molar-refractivity contribution is 7.80. The molecule has 0 radical (unpaired) electrons. The normalized spacial score (nSPS) is 10.6. The van der Waals surface area contributed by atoms with Crippen molar-refractivity contribution in [1.82, 2.24) is 0 Å². The molecule has 0 bridgehead atoms. The second-order valence-corrected chi connectivity index (χ2v) is 5.32. The largest absolute Gasteiger partial charge is 0.466 e. The molecular weight excluding hydrogens is 244 g/mol. The SMILES string of the molecule is CCCCCCCCCCOC(=O)CCCCS. The van der Waals surface area contributed by atoms with Crippen LogP contribution in [0.1, 0.15) is 77.6 Å². The molecule has 108 valence electrons. The summed E-state index contributed by atoms with van der Waals surface area (Å²) < 4.78 is 5.17. The molecule has 0 N–H and O–H groups in total. The average molecular weight is 274 g/mol. The maximum atomic E-state index is 11.3. The van der Waals surface area contributed by atoms with Gasteiger partial charge in [-0.1, -0.05) is 51.9 Å². The summed E-state index contributed by atoms with van der Waals surface area (Å²) in [5, 5.41) is 0. The highest BCUT2D eigenvalue weighted by Crippen LogP contribution is 2.08. The van der Waals surface area contributed by atoms with Crippen LogP contribution in [0, 0.1) is 0 Å². The van der Waals surface area contributed by atoms with Gasteiger partial charge in [-0.3, -0.25) is 4.79 Å². The van der Waals surface area contributed by atoms with E-state index >= 15 is 0 Å². The van der Waals surface area contributed by atoms with Gasteiger partial charge in [0.25, 0.3) is 0 Å². The highest BCUT2D eigenvalue weighted by Gasteiger charge is 2.01. The van der Waals surface area contributed by atoms with E-state index in [-0.39, 0.29) is 5.97 Å². The third-order valence-corrected chi connectivity index (χ3v) is 3.37. The van der Waals surface area contributed by atoms with E-state index in [9.17, 15) is 4.79 Å². The van der Waals surface area contributed by atoms with Crippen LogP contribution in [0.2, 0.25) is 0 Å². The first-order chi connectivity index (χ1) is 8.81. The van der Waals surface area contributed by atoms with Crippen LogP contribution < -0.4 is 0 Å². The quantitative estimate of drug-likeness (QED) is 0.297. The van der Waals surface area contributed by atoms with Crippen LogP contribution in [0.3, 0.4) is 0 Å². The summed E-state index contributed by atoms with van der Waals surface area (Å²) >= 11 is 4.11. The number of carbonyl (C=O) groups is 1. The van der Waals surface area contributed by atoms with Gasteiger partial charge in [-0.15, -0.1) is 0 Å². The van der Waals surface area contributed by atoms with Crippen molar-refractivity contribution in [2.45, 2.75) is 77.6 Å². The Morgan fingerprint density at radius 1 is 0.889 bits per heavy atom. The summed E-state index contributed by atoms with van der Waals surface area (Å²) in [5.74, 6) is 0.811. The Labute approximate surface area is 118 Å². The Bertz CT molecular complexity index is 183. The number of ether oxygens (including phenoxy) is 1. The van der Waals surface area contributed by atoms with Crippen LogP contribution in [0.15, 0.2) is 0 Å². The monoisotopic (exact) mass is 274 g/mol. The van der Waals surface area contributed by atoms with E-state index in [2.05, 4.69) is 19.6 Å². The van der Waals surface area contributed by atoms with Crippen LogP contribution in [0.5, 0.6) is 0 Å². The van der Waals surface area contributed by atoms with Crippen molar-refractivity contribution in [2.24, 2.45) is 0 Å². The highest BCUT2D eigenvalue weighted by atomic mass is 32.1. The smallest absolute Gasteiger partial charge is 0.305 e. The van der Waals surface area contributed by atoms with Crippen molar-refractivity contribution >= 4 is 18.6 Å². The van der Waals surface area contributed by atoms with Crippen molar-refractivity contribution in [3.8, 4) is 0 Å². The average Bonchev–Trinajstić information content (AvgIpc) is 2.37. The maximum Gasteiger partial charge on any atom is 0.305 e. The van der Waals surface area contributed by atoms with Crippen LogP contribution >= 0.6 is 12.6 Å². The van der Waals surface area contributed by atoms with Gasteiger partial charge >= 0.3 is 5.97 Å².